The van der Waals surface area contributed by atoms with Crippen molar-refractivity contribution in [2.75, 3.05) is 0 Å². The average Bonchev–Trinajstić information content (AvgIpc) is 2.27. The maximum absolute atomic E-state index is 11.2. The average molecular weight is 215 g/mol. The highest BCUT2D eigenvalue weighted by Gasteiger charge is 2.05. The summed E-state index contributed by atoms with van der Waals surface area (Å²) in [7, 11) is 0. The first-order valence-corrected chi connectivity index (χ1v) is 5.43. The fourth-order valence-corrected chi connectivity index (χ4v) is 1.59. The molecule has 0 fully saturated rings. The summed E-state index contributed by atoms with van der Waals surface area (Å²) >= 11 is 0. The number of amides is 1. The molecule has 1 rings (SSSR count). The Bertz CT molecular complexity index is 424. The van der Waals surface area contributed by atoms with Gasteiger partial charge in [-0.2, -0.15) is 0 Å². The number of carbonyl (C=O) groups is 1. The van der Waals surface area contributed by atoms with E-state index in [1.807, 2.05) is 18.2 Å². The van der Waals surface area contributed by atoms with Crippen molar-refractivity contribution in [2.24, 2.45) is 0 Å². The largest absolute Gasteiger partial charge is 0.341 e. The number of benzene rings is 1. The summed E-state index contributed by atoms with van der Waals surface area (Å²) in [6.07, 6.45) is 0. The lowest BCUT2D eigenvalue weighted by molar-refractivity contribution is -0.115. The van der Waals surface area contributed by atoms with Crippen LogP contribution >= 0.6 is 0 Å². The third kappa shape index (κ3) is 3.43. The zero-order valence-electron chi connectivity index (χ0n) is 10.0. The first-order valence-electron chi connectivity index (χ1n) is 5.43. The molecule has 0 saturated heterocycles. The molecule has 0 heterocycles. The maximum atomic E-state index is 11.2. The molecule has 0 aliphatic rings. The Morgan fingerprint density at radius 2 is 2.06 bits per heavy atom. The highest BCUT2D eigenvalue weighted by atomic mass is 16.1. The van der Waals surface area contributed by atoms with Crippen molar-refractivity contribution in [2.45, 2.75) is 33.2 Å². The molecule has 1 aromatic carbocycles. The van der Waals surface area contributed by atoms with Gasteiger partial charge in [0.25, 0.3) is 5.91 Å². The van der Waals surface area contributed by atoms with Gasteiger partial charge in [-0.1, -0.05) is 44.0 Å². The van der Waals surface area contributed by atoms with E-state index in [-0.39, 0.29) is 5.91 Å². The highest BCUT2D eigenvalue weighted by molar-refractivity contribution is 5.93. The van der Waals surface area contributed by atoms with Gasteiger partial charge in [-0.3, -0.25) is 4.79 Å². The topological polar surface area (TPSA) is 29.1 Å². The Balaban J connectivity index is 2.72. The molecule has 0 aromatic heterocycles. The van der Waals surface area contributed by atoms with E-state index in [1.54, 1.807) is 6.92 Å². The molecule has 0 spiro atoms. The predicted molar refractivity (Wildman–Crippen MR) is 65.8 cm³/mol. The second-order valence-corrected chi connectivity index (χ2v) is 3.91. The zero-order valence-corrected chi connectivity index (χ0v) is 10.0. The summed E-state index contributed by atoms with van der Waals surface area (Å²) in [4.78, 5) is 11.2. The van der Waals surface area contributed by atoms with Gasteiger partial charge in [0.2, 0.25) is 0 Å². The molecular formula is C14H17NO. The Kier molecular flexibility index (Phi) is 4.60. The van der Waals surface area contributed by atoms with E-state index in [4.69, 9.17) is 0 Å². The third-order valence-electron chi connectivity index (χ3n) is 2.36. The molecule has 0 atom stereocenters. The second kappa shape index (κ2) is 5.97. The highest BCUT2D eigenvalue weighted by Crippen LogP contribution is 2.18. The van der Waals surface area contributed by atoms with Crippen LogP contribution < -0.4 is 5.32 Å². The van der Waals surface area contributed by atoms with Gasteiger partial charge < -0.3 is 5.32 Å². The van der Waals surface area contributed by atoms with Crippen LogP contribution in [0.15, 0.2) is 24.3 Å². The lowest BCUT2D eigenvalue weighted by Gasteiger charge is -2.12. The molecule has 0 bridgehead atoms. The van der Waals surface area contributed by atoms with E-state index in [9.17, 15) is 4.79 Å². The molecule has 0 aliphatic carbocycles. The lowest BCUT2D eigenvalue weighted by Crippen LogP contribution is -2.21. The Hall–Kier alpha value is -1.75. The Morgan fingerprint density at radius 1 is 1.38 bits per heavy atom. The normalized spacial score (nSPS) is 9.50. The number of carbonyl (C=O) groups excluding carboxylic acids is 1. The van der Waals surface area contributed by atoms with Gasteiger partial charge in [-0.05, 0) is 29.9 Å². The van der Waals surface area contributed by atoms with Crippen molar-refractivity contribution in [3.8, 4) is 11.8 Å². The van der Waals surface area contributed by atoms with E-state index in [0.717, 1.165) is 5.56 Å². The van der Waals surface area contributed by atoms with E-state index < -0.39 is 0 Å². The Morgan fingerprint density at radius 3 is 2.69 bits per heavy atom. The molecule has 0 saturated carbocycles. The quantitative estimate of drug-likeness (QED) is 0.771. The van der Waals surface area contributed by atoms with E-state index >= 15 is 0 Å². The number of hydrogen-bond acceptors (Lipinski definition) is 1. The minimum atomic E-state index is -0.221. The zero-order chi connectivity index (χ0) is 12.0. The minimum absolute atomic E-state index is 0.221. The first-order chi connectivity index (χ1) is 7.65. The van der Waals surface area contributed by atoms with Gasteiger partial charge >= 0.3 is 0 Å². The van der Waals surface area contributed by atoms with Crippen LogP contribution in [0.2, 0.25) is 0 Å². The molecule has 16 heavy (non-hydrogen) atoms. The van der Waals surface area contributed by atoms with Gasteiger partial charge in [0, 0.05) is 6.54 Å². The van der Waals surface area contributed by atoms with Crippen LogP contribution in [0, 0.1) is 11.8 Å². The molecule has 1 N–H and O–H groups in total. The fraction of sp³-hybridized carbons (Fsp3) is 0.357. The van der Waals surface area contributed by atoms with Crippen molar-refractivity contribution >= 4 is 5.91 Å². The van der Waals surface area contributed by atoms with Gasteiger partial charge in [-0.15, -0.1) is 0 Å². The molecule has 0 unspecified atom stereocenters. The summed E-state index contributed by atoms with van der Waals surface area (Å²) < 4.78 is 0. The van der Waals surface area contributed by atoms with Crippen molar-refractivity contribution in [1.29, 1.82) is 0 Å². The van der Waals surface area contributed by atoms with Crippen molar-refractivity contribution in [3.05, 3.63) is 35.4 Å². The molecule has 84 valence electrons. The van der Waals surface area contributed by atoms with Crippen LogP contribution in [0.3, 0.4) is 0 Å². The number of nitrogens with one attached hydrogen (secondary N) is 1. The van der Waals surface area contributed by atoms with Crippen LogP contribution in [0.1, 0.15) is 37.8 Å². The smallest absolute Gasteiger partial charge is 0.296 e. The fourth-order valence-electron chi connectivity index (χ4n) is 1.59. The van der Waals surface area contributed by atoms with Gasteiger partial charge in [0.1, 0.15) is 0 Å². The molecule has 0 radical (unpaired) electrons. The van der Waals surface area contributed by atoms with E-state index in [0.29, 0.717) is 12.5 Å². The first kappa shape index (κ1) is 12.3. The van der Waals surface area contributed by atoms with Crippen LogP contribution in [-0.4, -0.2) is 5.91 Å². The Labute approximate surface area is 97.1 Å². The molecule has 1 aromatic rings. The van der Waals surface area contributed by atoms with Crippen LogP contribution in [0.25, 0.3) is 0 Å². The van der Waals surface area contributed by atoms with Crippen LogP contribution in [-0.2, 0) is 11.3 Å². The summed E-state index contributed by atoms with van der Waals surface area (Å²) in [6, 6.07) is 8.14. The number of rotatable bonds is 3. The monoisotopic (exact) mass is 215 g/mol. The SMILES string of the molecule is CC#CC(=O)NCc1ccccc1C(C)C. The predicted octanol–water partition coefficient (Wildman–Crippen LogP) is 2.45. The van der Waals surface area contributed by atoms with Crippen molar-refractivity contribution < 1.29 is 4.79 Å². The standard InChI is InChI=1S/C14H17NO/c1-4-7-14(16)15-10-12-8-5-6-9-13(12)11(2)3/h5-6,8-9,11H,10H2,1-3H3,(H,15,16). The minimum Gasteiger partial charge on any atom is -0.341 e. The molecule has 2 nitrogen and oxygen atoms in total. The van der Waals surface area contributed by atoms with Gasteiger partial charge in [0.15, 0.2) is 0 Å². The molecular weight excluding hydrogens is 198 g/mol. The van der Waals surface area contributed by atoms with Crippen LogP contribution in [0.4, 0.5) is 0 Å². The summed E-state index contributed by atoms with van der Waals surface area (Å²) in [5, 5.41) is 2.78. The van der Waals surface area contributed by atoms with E-state index in [1.165, 1.54) is 5.56 Å². The molecule has 1 amide bonds. The summed E-state index contributed by atoms with van der Waals surface area (Å²) in [5.41, 5.74) is 2.43. The van der Waals surface area contributed by atoms with E-state index in [2.05, 4.69) is 37.1 Å². The number of hydrogen-bond donors (Lipinski definition) is 1. The maximum Gasteiger partial charge on any atom is 0.296 e. The van der Waals surface area contributed by atoms with Gasteiger partial charge in [-0.25, -0.2) is 0 Å². The van der Waals surface area contributed by atoms with Crippen molar-refractivity contribution in [3.63, 3.8) is 0 Å². The second-order valence-electron chi connectivity index (χ2n) is 3.91. The molecule has 2 heteroatoms. The summed E-state index contributed by atoms with van der Waals surface area (Å²) in [5.74, 6) is 5.29. The third-order valence-corrected chi connectivity index (χ3v) is 2.36. The lowest BCUT2D eigenvalue weighted by atomic mass is 9.97. The molecule has 0 aliphatic heterocycles. The van der Waals surface area contributed by atoms with Crippen molar-refractivity contribution in [1.82, 2.24) is 5.32 Å². The summed E-state index contributed by atoms with van der Waals surface area (Å²) in [6.45, 7) is 6.49. The van der Waals surface area contributed by atoms with Crippen LogP contribution in [0.5, 0.6) is 0 Å². The van der Waals surface area contributed by atoms with Gasteiger partial charge in [0.05, 0.1) is 0 Å².